The fourth-order valence-electron chi connectivity index (χ4n) is 1.42. The number of alkyl halides is 3. The minimum absolute atomic E-state index is 0.0690. The van der Waals surface area contributed by atoms with Crippen LogP contribution >= 0.6 is 0 Å². The summed E-state index contributed by atoms with van der Waals surface area (Å²) in [5, 5.41) is 0. The van der Waals surface area contributed by atoms with Gasteiger partial charge in [0.1, 0.15) is 11.4 Å². The van der Waals surface area contributed by atoms with Crippen LogP contribution in [0.3, 0.4) is 0 Å². The van der Waals surface area contributed by atoms with Gasteiger partial charge in [0.05, 0.1) is 18.4 Å². The molecule has 1 rings (SSSR count). The number of carbonyl (C=O) groups is 2. The highest BCUT2D eigenvalue weighted by Crippen LogP contribution is 2.22. The fourth-order valence-corrected chi connectivity index (χ4v) is 1.42. The summed E-state index contributed by atoms with van der Waals surface area (Å²) >= 11 is 0. The molecule has 0 aliphatic rings. The lowest BCUT2D eigenvalue weighted by Gasteiger charge is -2.19. The van der Waals surface area contributed by atoms with Gasteiger partial charge in [0, 0.05) is 0 Å². The van der Waals surface area contributed by atoms with Gasteiger partial charge in [-0.15, -0.1) is 0 Å². The van der Waals surface area contributed by atoms with Crippen molar-refractivity contribution < 1.29 is 32.2 Å². The van der Waals surface area contributed by atoms with E-state index in [1.54, 1.807) is 20.8 Å². The fraction of sp³-hybridized carbons (Fsp3) is 0.467. The highest BCUT2D eigenvalue weighted by atomic mass is 19.4. The zero-order valence-corrected chi connectivity index (χ0v) is 12.5. The molecule has 122 valence electrons. The standard InChI is InChI=1S/C15H17F3O4/c1-14(2,3)22-13(20)10-4-6-11(7-5-10)21-12(19)8-9-15(16,17)18/h4-7H,8-9H2,1-3H3. The first-order chi connectivity index (χ1) is 9.96. The number of hydrogen-bond acceptors (Lipinski definition) is 4. The Morgan fingerprint density at radius 3 is 2.05 bits per heavy atom. The van der Waals surface area contributed by atoms with Crippen molar-refractivity contribution in [1.82, 2.24) is 0 Å². The summed E-state index contributed by atoms with van der Waals surface area (Å²) in [5.41, 5.74) is -0.384. The van der Waals surface area contributed by atoms with Crippen LogP contribution in [0.5, 0.6) is 5.75 Å². The Hall–Kier alpha value is -2.05. The molecule has 1 aromatic carbocycles. The van der Waals surface area contributed by atoms with Crippen LogP contribution in [0.15, 0.2) is 24.3 Å². The van der Waals surface area contributed by atoms with Crippen molar-refractivity contribution in [3.8, 4) is 5.75 Å². The number of hydrogen-bond donors (Lipinski definition) is 0. The number of halogens is 3. The maximum Gasteiger partial charge on any atom is 0.389 e. The van der Waals surface area contributed by atoms with Crippen LogP contribution in [-0.4, -0.2) is 23.7 Å². The number of rotatable bonds is 4. The predicted octanol–water partition coefficient (Wildman–Crippen LogP) is 3.89. The summed E-state index contributed by atoms with van der Waals surface area (Å²) in [7, 11) is 0. The Morgan fingerprint density at radius 1 is 1.05 bits per heavy atom. The van der Waals surface area contributed by atoms with Crippen molar-refractivity contribution in [1.29, 1.82) is 0 Å². The van der Waals surface area contributed by atoms with E-state index in [4.69, 9.17) is 9.47 Å². The molecule has 0 aliphatic heterocycles. The van der Waals surface area contributed by atoms with Gasteiger partial charge in [0.15, 0.2) is 0 Å². The van der Waals surface area contributed by atoms with Crippen LogP contribution in [0.2, 0.25) is 0 Å². The van der Waals surface area contributed by atoms with Gasteiger partial charge >= 0.3 is 18.1 Å². The van der Waals surface area contributed by atoms with Crippen molar-refractivity contribution in [3.05, 3.63) is 29.8 Å². The minimum Gasteiger partial charge on any atom is -0.456 e. The predicted molar refractivity (Wildman–Crippen MR) is 72.5 cm³/mol. The summed E-state index contributed by atoms with van der Waals surface area (Å²) in [4.78, 5) is 23.0. The van der Waals surface area contributed by atoms with E-state index in [1.807, 2.05) is 0 Å². The van der Waals surface area contributed by atoms with Gasteiger partial charge < -0.3 is 9.47 Å². The van der Waals surface area contributed by atoms with Crippen molar-refractivity contribution in [3.63, 3.8) is 0 Å². The average Bonchev–Trinajstić information content (AvgIpc) is 2.34. The molecule has 0 amide bonds. The largest absolute Gasteiger partial charge is 0.456 e. The van der Waals surface area contributed by atoms with Gasteiger partial charge in [0.25, 0.3) is 0 Å². The summed E-state index contributed by atoms with van der Waals surface area (Å²) < 4.78 is 45.8. The highest BCUT2D eigenvalue weighted by Gasteiger charge is 2.28. The molecule has 0 fully saturated rings. The van der Waals surface area contributed by atoms with Crippen LogP contribution in [0, 0.1) is 0 Å². The van der Waals surface area contributed by atoms with E-state index in [1.165, 1.54) is 24.3 Å². The van der Waals surface area contributed by atoms with Gasteiger partial charge in [-0.1, -0.05) is 0 Å². The quantitative estimate of drug-likeness (QED) is 0.624. The van der Waals surface area contributed by atoms with Gasteiger partial charge in [-0.25, -0.2) is 4.79 Å². The Labute approximate surface area is 126 Å². The molecule has 0 N–H and O–H groups in total. The first-order valence-corrected chi connectivity index (χ1v) is 6.57. The number of carbonyl (C=O) groups excluding carboxylic acids is 2. The molecule has 0 aliphatic carbocycles. The van der Waals surface area contributed by atoms with Crippen LogP contribution in [-0.2, 0) is 9.53 Å². The molecule has 0 heterocycles. The van der Waals surface area contributed by atoms with E-state index in [0.717, 1.165) is 0 Å². The number of benzene rings is 1. The first-order valence-electron chi connectivity index (χ1n) is 6.57. The molecule has 0 unspecified atom stereocenters. The van der Waals surface area contributed by atoms with Gasteiger partial charge in [-0.05, 0) is 45.0 Å². The topological polar surface area (TPSA) is 52.6 Å². The number of esters is 2. The summed E-state index contributed by atoms with van der Waals surface area (Å²) in [6.45, 7) is 5.17. The molecule has 4 nitrogen and oxygen atoms in total. The molecule has 22 heavy (non-hydrogen) atoms. The van der Waals surface area contributed by atoms with Crippen molar-refractivity contribution in [2.75, 3.05) is 0 Å². The maximum atomic E-state index is 12.0. The van der Waals surface area contributed by atoms with Crippen LogP contribution in [0.1, 0.15) is 44.0 Å². The molecule has 0 spiro atoms. The lowest BCUT2D eigenvalue weighted by Crippen LogP contribution is -2.23. The van der Waals surface area contributed by atoms with E-state index in [-0.39, 0.29) is 11.3 Å². The molecule has 0 bridgehead atoms. The lowest BCUT2D eigenvalue weighted by atomic mass is 10.1. The molecule has 7 heteroatoms. The summed E-state index contributed by atoms with van der Waals surface area (Å²) in [5.74, 6) is -1.45. The highest BCUT2D eigenvalue weighted by molar-refractivity contribution is 5.89. The average molecular weight is 318 g/mol. The van der Waals surface area contributed by atoms with E-state index >= 15 is 0 Å². The van der Waals surface area contributed by atoms with Gasteiger partial charge in [-0.2, -0.15) is 13.2 Å². The zero-order chi connectivity index (χ0) is 17.0. The summed E-state index contributed by atoms with van der Waals surface area (Å²) in [6, 6.07) is 5.40. The first kappa shape index (κ1) is 18.0. The van der Waals surface area contributed by atoms with Crippen LogP contribution in [0.25, 0.3) is 0 Å². The lowest BCUT2D eigenvalue weighted by molar-refractivity contribution is -0.151. The third kappa shape index (κ3) is 7.10. The van der Waals surface area contributed by atoms with Crippen molar-refractivity contribution in [2.45, 2.75) is 45.4 Å². The SMILES string of the molecule is CC(C)(C)OC(=O)c1ccc(OC(=O)CCC(F)(F)F)cc1. The molecular weight excluding hydrogens is 301 g/mol. The molecule has 0 saturated heterocycles. The van der Waals surface area contributed by atoms with Crippen LogP contribution in [0.4, 0.5) is 13.2 Å². The van der Waals surface area contributed by atoms with Crippen molar-refractivity contribution in [2.24, 2.45) is 0 Å². The molecule has 0 atom stereocenters. The zero-order valence-electron chi connectivity index (χ0n) is 12.5. The molecule has 0 radical (unpaired) electrons. The second-order valence-electron chi connectivity index (χ2n) is 5.62. The maximum absolute atomic E-state index is 12.0. The Balaban J connectivity index is 2.58. The van der Waals surface area contributed by atoms with E-state index in [9.17, 15) is 22.8 Å². The Morgan fingerprint density at radius 2 is 1.59 bits per heavy atom. The summed E-state index contributed by atoms with van der Waals surface area (Å²) in [6.07, 6.45) is -6.39. The third-order valence-electron chi connectivity index (χ3n) is 2.33. The number of ether oxygens (including phenoxy) is 2. The van der Waals surface area contributed by atoms with E-state index < -0.39 is 36.6 Å². The Bertz CT molecular complexity index is 527. The van der Waals surface area contributed by atoms with E-state index in [0.29, 0.717) is 0 Å². The molecule has 0 saturated carbocycles. The Kier molecular flexibility index (Phi) is 5.57. The van der Waals surface area contributed by atoms with Crippen molar-refractivity contribution >= 4 is 11.9 Å². The van der Waals surface area contributed by atoms with Gasteiger partial charge in [-0.3, -0.25) is 4.79 Å². The molecule has 1 aromatic rings. The normalized spacial score (nSPS) is 11.9. The molecular formula is C15H17F3O4. The second-order valence-corrected chi connectivity index (χ2v) is 5.62. The second kappa shape index (κ2) is 6.81. The van der Waals surface area contributed by atoms with Gasteiger partial charge in [0.2, 0.25) is 0 Å². The smallest absolute Gasteiger partial charge is 0.389 e. The van der Waals surface area contributed by atoms with Crippen LogP contribution < -0.4 is 4.74 Å². The minimum atomic E-state index is -4.40. The third-order valence-corrected chi connectivity index (χ3v) is 2.33. The van der Waals surface area contributed by atoms with E-state index in [2.05, 4.69) is 0 Å². The molecule has 0 aromatic heterocycles. The monoisotopic (exact) mass is 318 g/mol.